The quantitative estimate of drug-likeness (QED) is 0.550. The molecule has 2 aromatic carbocycles. The summed E-state index contributed by atoms with van der Waals surface area (Å²) in [5.74, 6) is 2.10. The molecule has 0 aliphatic heterocycles. The van der Waals surface area contributed by atoms with E-state index in [-0.39, 0.29) is 4.34 Å². The fraction of sp³-hybridized carbons (Fsp3) is 0.0588. The molecule has 8 nitrogen and oxygen atoms in total. The molecule has 2 N–H and O–H groups in total. The summed E-state index contributed by atoms with van der Waals surface area (Å²) in [5, 5.41) is 9.18. The van der Waals surface area contributed by atoms with Crippen LogP contribution in [0.2, 0.25) is 0 Å². The largest absolute Gasteiger partial charge is 0.497 e. The van der Waals surface area contributed by atoms with Crippen molar-refractivity contribution in [2.24, 2.45) is 5.14 Å². The van der Waals surface area contributed by atoms with Crippen molar-refractivity contribution >= 4 is 26.3 Å². The van der Waals surface area contributed by atoms with Gasteiger partial charge in [-0.25, -0.2) is 23.1 Å². The Morgan fingerprint density at radius 1 is 1.00 bits per heavy atom. The number of ether oxygens (including phenoxy) is 2. The summed E-state index contributed by atoms with van der Waals surface area (Å²) in [6.45, 7) is 0. The monoisotopic (exact) mass is 402 g/mol. The van der Waals surface area contributed by atoms with Gasteiger partial charge in [0.2, 0.25) is 9.30 Å². The highest BCUT2D eigenvalue weighted by atomic mass is 32.2. The van der Waals surface area contributed by atoms with Crippen molar-refractivity contribution in [3.05, 3.63) is 54.7 Å². The molecule has 4 aromatic rings. The SMILES string of the molecule is COc1ccc(Oc2ccc(-c3cnc4sc(S(N)(=O)=O)nn34)cc2)cc1. The van der Waals surface area contributed by atoms with E-state index in [0.29, 0.717) is 22.2 Å². The van der Waals surface area contributed by atoms with Gasteiger partial charge in [0.05, 0.1) is 19.0 Å². The molecule has 4 rings (SSSR count). The van der Waals surface area contributed by atoms with Gasteiger partial charge in [0.1, 0.15) is 17.2 Å². The number of benzene rings is 2. The summed E-state index contributed by atoms with van der Waals surface area (Å²) in [6.07, 6.45) is 1.63. The van der Waals surface area contributed by atoms with Crippen LogP contribution in [-0.4, -0.2) is 30.1 Å². The summed E-state index contributed by atoms with van der Waals surface area (Å²) in [6, 6.07) is 14.6. The molecule has 138 valence electrons. The van der Waals surface area contributed by atoms with E-state index in [1.54, 1.807) is 13.3 Å². The van der Waals surface area contributed by atoms with Crippen molar-refractivity contribution < 1.29 is 17.9 Å². The first-order chi connectivity index (χ1) is 12.9. The van der Waals surface area contributed by atoms with Crippen LogP contribution >= 0.6 is 11.3 Å². The maximum atomic E-state index is 11.5. The van der Waals surface area contributed by atoms with Crippen molar-refractivity contribution in [1.82, 2.24) is 14.6 Å². The number of primary sulfonamides is 1. The number of methoxy groups -OCH3 is 1. The highest BCUT2D eigenvalue weighted by molar-refractivity contribution is 7.91. The summed E-state index contributed by atoms with van der Waals surface area (Å²) < 4.78 is 35.1. The molecule has 0 saturated carbocycles. The lowest BCUT2D eigenvalue weighted by Crippen LogP contribution is -2.12. The van der Waals surface area contributed by atoms with Gasteiger partial charge in [0, 0.05) is 5.56 Å². The molecule has 0 spiro atoms. The number of hydrogen-bond donors (Lipinski definition) is 1. The van der Waals surface area contributed by atoms with Crippen molar-refractivity contribution in [3.63, 3.8) is 0 Å². The van der Waals surface area contributed by atoms with Gasteiger partial charge in [-0.05, 0) is 48.5 Å². The van der Waals surface area contributed by atoms with E-state index in [4.69, 9.17) is 14.6 Å². The second-order valence-electron chi connectivity index (χ2n) is 5.55. The van der Waals surface area contributed by atoms with E-state index in [2.05, 4.69) is 10.1 Å². The number of nitrogens with zero attached hydrogens (tertiary/aromatic N) is 3. The fourth-order valence-electron chi connectivity index (χ4n) is 2.46. The van der Waals surface area contributed by atoms with Gasteiger partial charge in [-0.3, -0.25) is 0 Å². The second kappa shape index (κ2) is 6.65. The third kappa shape index (κ3) is 3.50. The van der Waals surface area contributed by atoms with E-state index in [1.165, 1.54) is 4.52 Å². The average molecular weight is 402 g/mol. The van der Waals surface area contributed by atoms with Crippen molar-refractivity contribution in [2.45, 2.75) is 4.34 Å². The lowest BCUT2D eigenvalue weighted by molar-refractivity contribution is 0.413. The Kier molecular flexibility index (Phi) is 4.30. The van der Waals surface area contributed by atoms with Crippen molar-refractivity contribution in [1.29, 1.82) is 0 Å². The van der Waals surface area contributed by atoms with E-state index in [9.17, 15) is 8.42 Å². The molecular formula is C17H14N4O4S2. The molecule has 0 amide bonds. The van der Waals surface area contributed by atoms with E-state index in [0.717, 1.165) is 22.6 Å². The molecule has 0 aliphatic rings. The first kappa shape index (κ1) is 17.5. The Balaban J connectivity index is 1.60. The molecule has 0 aliphatic carbocycles. The summed E-state index contributed by atoms with van der Waals surface area (Å²) in [7, 11) is -2.25. The van der Waals surface area contributed by atoms with Crippen LogP contribution in [0.5, 0.6) is 17.2 Å². The second-order valence-corrected chi connectivity index (χ2v) is 8.24. The maximum absolute atomic E-state index is 11.5. The van der Waals surface area contributed by atoms with Gasteiger partial charge >= 0.3 is 0 Å². The van der Waals surface area contributed by atoms with E-state index in [1.807, 2.05) is 48.5 Å². The minimum Gasteiger partial charge on any atom is -0.497 e. The minimum absolute atomic E-state index is 0.175. The van der Waals surface area contributed by atoms with Crippen LogP contribution in [-0.2, 0) is 10.0 Å². The number of hydrogen-bond acceptors (Lipinski definition) is 7. The molecular weight excluding hydrogens is 388 g/mol. The molecule has 0 fully saturated rings. The summed E-state index contributed by atoms with van der Waals surface area (Å²) >= 11 is 0.920. The zero-order chi connectivity index (χ0) is 19.0. The third-order valence-electron chi connectivity index (χ3n) is 3.76. The topological polar surface area (TPSA) is 109 Å². The molecule has 0 saturated heterocycles. The van der Waals surface area contributed by atoms with Crippen LogP contribution in [0.25, 0.3) is 16.2 Å². The van der Waals surface area contributed by atoms with Crippen LogP contribution < -0.4 is 14.6 Å². The Hall–Kier alpha value is -2.95. The summed E-state index contributed by atoms with van der Waals surface area (Å²) in [5.41, 5.74) is 1.47. The zero-order valence-corrected chi connectivity index (χ0v) is 15.7. The van der Waals surface area contributed by atoms with E-state index < -0.39 is 10.0 Å². The molecule has 10 heteroatoms. The molecule has 27 heavy (non-hydrogen) atoms. The minimum atomic E-state index is -3.86. The van der Waals surface area contributed by atoms with Gasteiger partial charge in [-0.2, -0.15) is 0 Å². The Morgan fingerprint density at radius 3 is 2.19 bits per heavy atom. The number of rotatable bonds is 5. The standard InChI is InChI=1S/C17H14N4O4S2/c1-24-12-6-8-14(9-7-12)25-13-4-2-11(3-5-13)15-10-19-16-21(15)20-17(26-16)27(18,22)23/h2-10H,1H3,(H2,18,22,23). The molecule has 0 radical (unpaired) electrons. The number of aromatic nitrogens is 3. The van der Waals surface area contributed by atoms with E-state index >= 15 is 0 Å². The summed E-state index contributed by atoms with van der Waals surface area (Å²) in [4.78, 5) is 4.64. The van der Waals surface area contributed by atoms with Gasteiger partial charge in [-0.15, -0.1) is 5.10 Å². The lowest BCUT2D eigenvalue weighted by Gasteiger charge is -2.07. The maximum Gasteiger partial charge on any atom is 0.267 e. The zero-order valence-electron chi connectivity index (χ0n) is 14.1. The Morgan fingerprint density at radius 2 is 1.59 bits per heavy atom. The predicted molar refractivity (Wildman–Crippen MR) is 101 cm³/mol. The first-order valence-electron chi connectivity index (χ1n) is 7.74. The fourth-order valence-corrected chi connectivity index (χ4v) is 3.95. The van der Waals surface area contributed by atoms with Gasteiger partial charge in [0.15, 0.2) is 0 Å². The molecule has 0 atom stereocenters. The smallest absolute Gasteiger partial charge is 0.267 e. The van der Waals surface area contributed by atoms with Crippen LogP contribution in [0, 0.1) is 0 Å². The highest BCUT2D eigenvalue weighted by Crippen LogP contribution is 2.29. The Labute approximate surface area is 158 Å². The Bertz CT molecular complexity index is 1200. The highest BCUT2D eigenvalue weighted by Gasteiger charge is 2.18. The van der Waals surface area contributed by atoms with Crippen LogP contribution in [0.3, 0.4) is 0 Å². The molecule has 0 unspecified atom stereocenters. The van der Waals surface area contributed by atoms with Gasteiger partial charge in [-0.1, -0.05) is 11.3 Å². The van der Waals surface area contributed by atoms with Crippen LogP contribution in [0.15, 0.2) is 59.1 Å². The normalized spacial score (nSPS) is 11.6. The average Bonchev–Trinajstić information content (AvgIpc) is 3.24. The predicted octanol–water partition coefficient (Wildman–Crippen LogP) is 2.91. The first-order valence-corrected chi connectivity index (χ1v) is 10.1. The van der Waals surface area contributed by atoms with Crippen molar-refractivity contribution in [2.75, 3.05) is 7.11 Å². The lowest BCUT2D eigenvalue weighted by atomic mass is 10.1. The van der Waals surface area contributed by atoms with Crippen LogP contribution in [0.4, 0.5) is 0 Å². The number of fused-ring (bicyclic) bond motifs is 1. The number of nitrogens with two attached hydrogens (primary N) is 1. The third-order valence-corrected chi connectivity index (χ3v) is 5.99. The van der Waals surface area contributed by atoms with Gasteiger partial charge < -0.3 is 9.47 Å². The molecule has 2 heterocycles. The molecule has 0 bridgehead atoms. The van der Waals surface area contributed by atoms with Crippen LogP contribution in [0.1, 0.15) is 0 Å². The number of imidazole rings is 1. The van der Waals surface area contributed by atoms with Crippen molar-refractivity contribution in [3.8, 4) is 28.5 Å². The molecule has 2 aromatic heterocycles. The van der Waals surface area contributed by atoms with Gasteiger partial charge in [0.25, 0.3) is 10.0 Å². The number of sulfonamides is 1.